The lowest BCUT2D eigenvalue weighted by Crippen LogP contribution is -2.37. The van der Waals surface area contributed by atoms with Crippen LogP contribution in [0.5, 0.6) is 0 Å². The molecule has 0 aromatic carbocycles. The molecule has 3 heteroatoms. The lowest BCUT2D eigenvalue weighted by molar-refractivity contribution is -0.0509. The zero-order valence-electron chi connectivity index (χ0n) is 11.7. The number of rotatable bonds is 8. The van der Waals surface area contributed by atoms with E-state index < -0.39 is 0 Å². The Morgan fingerprint density at radius 3 is 2.41 bits per heavy atom. The minimum absolute atomic E-state index is 0.140. The molecule has 17 heavy (non-hydrogen) atoms. The molecule has 0 saturated carbocycles. The van der Waals surface area contributed by atoms with Crippen LogP contribution >= 0.6 is 0 Å². The van der Waals surface area contributed by atoms with Crippen LogP contribution in [0.3, 0.4) is 0 Å². The Kier molecular flexibility index (Phi) is 6.45. The number of unbranched alkanes of at least 4 members (excludes halogenated alkanes) is 2. The Bertz CT molecular complexity index is 197. The molecule has 0 amide bonds. The number of aliphatic hydroxyl groups excluding tert-OH is 1. The van der Waals surface area contributed by atoms with E-state index in [0.717, 1.165) is 12.8 Å². The Balaban J connectivity index is 1.87. The first kappa shape index (κ1) is 14.9. The highest BCUT2D eigenvalue weighted by Gasteiger charge is 2.14. The third kappa shape index (κ3) is 7.74. The SMILES string of the molecule is CC(C)(C)OCC(O)CCCCCN1CCC1. The third-order valence-corrected chi connectivity index (χ3v) is 3.17. The molecule has 1 unspecified atom stereocenters. The average molecular weight is 243 g/mol. The molecule has 3 nitrogen and oxygen atoms in total. The van der Waals surface area contributed by atoms with Crippen molar-refractivity contribution in [3.8, 4) is 0 Å². The molecule has 1 rings (SSSR count). The van der Waals surface area contributed by atoms with Gasteiger partial charge in [-0.3, -0.25) is 0 Å². The first-order valence-electron chi connectivity index (χ1n) is 7.02. The van der Waals surface area contributed by atoms with E-state index in [2.05, 4.69) is 4.90 Å². The fourth-order valence-electron chi connectivity index (χ4n) is 1.93. The second kappa shape index (κ2) is 7.34. The topological polar surface area (TPSA) is 32.7 Å². The van der Waals surface area contributed by atoms with Gasteiger partial charge in [-0.2, -0.15) is 0 Å². The molecule has 1 atom stereocenters. The van der Waals surface area contributed by atoms with Gasteiger partial charge in [-0.25, -0.2) is 0 Å². The summed E-state index contributed by atoms with van der Waals surface area (Å²) in [6.45, 7) is 10.4. The van der Waals surface area contributed by atoms with Gasteiger partial charge in [-0.15, -0.1) is 0 Å². The van der Waals surface area contributed by atoms with Gasteiger partial charge in [-0.05, 0) is 59.7 Å². The fourth-order valence-corrected chi connectivity index (χ4v) is 1.93. The van der Waals surface area contributed by atoms with Crippen molar-refractivity contribution in [3.05, 3.63) is 0 Å². The van der Waals surface area contributed by atoms with Crippen LogP contribution < -0.4 is 0 Å². The Hall–Kier alpha value is -0.120. The number of aliphatic hydroxyl groups is 1. The molecule has 0 aromatic heterocycles. The van der Waals surface area contributed by atoms with E-state index in [9.17, 15) is 5.11 Å². The van der Waals surface area contributed by atoms with Gasteiger partial charge in [0.05, 0.1) is 18.3 Å². The van der Waals surface area contributed by atoms with Gasteiger partial charge in [-0.1, -0.05) is 12.8 Å². The summed E-state index contributed by atoms with van der Waals surface area (Å²) in [7, 11) is 0. The first-order chi connectivity index (χ1) is 7.97. The van der Waals surface area contributed by atoms with Crippen LogP contribution in [-0.2, 0) is 4.74 Å². The van der Waals surface area contributed by atoms with Gasteiger partial charge < -0.3 is 14.7 Å². The maximum atomic E-state index is 9.74. The molecule has 1 saturated heterocycles. The van der Waals surface area contributed by atoms with Crippen LogP contribution in [0, 0.1) is 0 Å². The van der Waals surface area contributed by atoms with E-state index in [1.807, 2.05) is 20.8 Å². The number of hydrogen-bond acceptors (Lipinski definition) is 3. The minimum atomic E-state index is -0.293. The quantitative estimate of drug-likeness (QED) is 0.665. The van der Waals surface area contributed by atoms with Crippen LogP contribution in [0.1, 0.15) is 52.9 Å². The number of ether oxygens (including phenoxy) is 1. The van der Waals surface area contributed by atoms with E-state index in [0.29, 0.717) is 6.61 Å². The van der Waals surface area contributed by atoms with E-state index in [1.54, 1.807) is 0 Å². The predicted octanol–water partition coefficient (Wildman–Crippen LogP) is 2.43. The lowest BCUT2D eigenvalue weighted by Gasteiger charge is -2.30. The average Bonchev–Trinajstić information content (AvgIpc) is 2.16. The summed E-state index contributed by atoms with van der Waals surface area (Å²) in [5.74, 6) is 0. The van der Waals surface area contributed by atoms with Crippen LogP contribution in [0.2, 0.25) is 0 Å². The maximum Gasteiger partial charge on any atom is 0.0774 e. The molecule has 1 aliphatic rings. The highest BCUT2D eigenvalue weighted by molar-refractivity contribution is 4.68. The van der Waals surface area contributed by atoms with Gasteiger partial charge in [0.2, 0.25) is 0 Å². The monoisotopic (exact) mass is 243 g/mol. The summed E-state index contributed by atoms with van der Waals surface area (Å²) in [6, 6.07) is 0. The minimum Gasteiger partial charge on any atom is -0.391 e. The van der Waals surface area contributed by atoms with Crippen LogP contribution in [0.4, 0.5) is 0 Å². The zero-order chi connectivity index (χ0) is 12.7. The van der Waals surface area contributed by atoms with Crippen LogP contribution in [0.25, 0.3) is 0 Å². The van der Waals surface area contributed by atoms with Crippen LogP contribution in [-0.4, -0.2) is 48.0 Å². The van der Waals surface area contributed by atoms with Crippen molar-refractivity contribution >= 4 is 0 Å². The van der Waals surface area contributed by atoms with E-state index in [1.165, 1.54) is 38.9 Å². The van der Waals surface area contributed by atoms with E-state index in [4.69, 9.17) is 4.74 Å². The van der Waals surface area contributed by atoms with Crippen molar-refractivity contribution in [1.29, 1.82) is 0 Å². The lowest BCUT2D eigenvalue weighted by atomic mass is 10.1. The molecule has 0 aromatic rings. The van der Waals surface area contributed by atoms with Gasteiger partial charge >= 0.3 is 0 Å². The third-order valence-electron chi connectivity index (χ3n) is 3.17. The highest BCUT2D eigenvalue weighted by atomic mass is 16.5. The van der Waals surface area contributed by atoms with Crippen molar-refractivity contribution in [2.45, 2.75) is 64.6 Å². The summed E-state index contributed by atoms with van der Waals surface area (Å²) in [6.07, 6.45) is 5.57. The predicted molar refractivity (Wildman–Crippen MR) is 71.2 cm³/mol. The summed E-state index contributed by atoms with van der Waals surface area (Å²) < 4.78 is 5.55. The zero-order valence-corrected chi connectivity index (χ0v) is 11.7. The molecule has 102 valence electrons. The fraction of sp³-hybridized carbons (Fsp3) is 1.00. The van der Waals surface area contributed by atoms with Crippen molar-refractivity contribution in [2.24, 2.45) is 0 Å². The molecule has 1 N–H and O–H groups in total. The standard InChI is InChI=1S/C14H29NO2/c1-14(2,3)17-12-13(16)8-5-4-6-9-15-10-7-11-15/h13,16H,4-12H2,1-3H3. The van der Waals surface area contributed by atoms with E-state index in [-0.39, 0.29) is 11.7 Å². The van der Waals surface area contributed by atoms with E-state index >= 15 is 0 Å². The Morgan fingerprint density at radius 2 is 1.88 bits per heavy atom. The maximum absolute atomic E-state index is 9.74. The second-order valence-corrected chi connectivity index (χ2v) is 6.12. The van der Waals surface area contributed by atoms with Gasteiger partial charge in [0.1, 0.15) is 0 Å². The number of likely N-dealkylation sites (tertiary alicyclic amines) is 1. The number of hydrogen-bond donors (Lipinski definition) is 1. The molecule has 1 heterocycles. The first-order valence-corrected chi connectivity index (χ1v) is 7.02. The summed E-state index contributed by atoms with van der Waals surface area (Å²) in [4.78, 5) is 2.50. The number of nitrogens with zero attached hydrogens (tertiary/aromatic N) is 1. The highest BCUT2D eigenvalue weighted by Crippen LogP contribution is 2.12. The molecular weight excluding hydrogens is 214 g/mol. The van der Waals surface area contributed by atoms with Gasteiger partial charge in [0, 0.05) is 0 Å². The van der Waals surface area contributed by atoms with Crippen molar-refractivity contribution in [2.75, 3.05) is 26.2 Å². The van der Waals surface area contributed by atoms with Gasteiger partial charge in [0.25, 0.3) is 0 Å². The molecule has 0 bridgehead atoms. The van der Waals surface area contributed by atoms with Crippen molar-refractivity contribution < 1.29 is 9.84 Å². The van der Waals surface area contributed by atoms with Crippen molar-refractivity contribution in [3.63, 3.8) is 0 Å². The molecule has 0 aliphatic carbocycles. The molecule has 0 spiro atoms. The smallest absolute Gasteiger partial charge is 0.0774 e. The Labute approximate surface area is 106 Å². The molecule has 1 aliphatic heterocycles. The summed E-state index contributed by atoms with van der Waals surface area (Å²) in [5.41, 5.74) is -0.140. The summed E-state index contributed by atoms with van der Waals surface area (Å²) >= 11 is 0. The second-order valence-electron chi connectivity index (χ2n) is 6.12. The van der Waals surface area contributed by atoms with Crippen LogP contribution in [0.15, 0.2) is 0 Å². The normalized spacial score (nSPS) is 19.1. The molecular formula is C14H29NO2. The van der Waals surface area contributed by atoms with Crippen molar-refractivity contribution in [1.82, 2.24) is 4.90 Å². The Morgan fingerprint density at radius 1 is 1.18 bits per heavy atom. The van der Waals surface area contributed by atoms with Gasteiger partial charge in [0.15, 0.2) is 0 Å². The largest absolute Gasteiger partial charge is 0.391 e. The molecule has 0 radical (unpaired) electrons. The summed E-state index contributed by atoms with van der Waals surface area (Å²) in [5, 5.41) is 9.74. The molecule has 1 fully saturated rings.